The van der Waals surface area contributed by atoms with Crippen molar-refractivity contribution < 1.29 is 23.6 Å². The Kier molecular flexibility index (Phi) is 6.01. The third-order valence-corrected chi connectivity index (χ3v) is 7.00. The Morgan fingerprint density at radius 2 is 1.79 bits per heavy atom. The molecule has 1 saturated carbocycles. The first-order valence-corrected chi connectivity index (χ1v) is 11.6. The maximum atomic E-state index is 13.6. The lowest BCUT2D eigenvalue weighted by Gasteiger charge is -2.35. The molecule has 1 aliphatic carbocycles. The zero-order chi connectivity index (χ0) is 23.7. The summed E-state index contributed by atoms with van der Waals surface area (Å²) in [5, 5.41) is 3.95. The summed E-state index contributed by atoms with van der Waals surface area (Å²) in [5.74, 6) is -1.99. The van der Waals surface area contributed by atoms with Gasteiger partial charge in [-0.15, -0.1) is 0 Å². The van der Waals surface area contributed by atoms with E-state index in [1.54, 1.807) is 35.2 Å². The number of nitrogens with zero attached hydrogens (tertiary/aromatic N) is 2. The lowest BCUT2D eigenvalue weighted by Crippen LogP contribution is -2.43. The average molecular weight is 459 g/mol. The number of aromatic nitrogens is 1. The number of carbonyl (C=O) groups is 3. The van der Waals surface area contributed by atoms with Gasteiger partial charge in [0.1, 0.15) is 23.6 Å². The molecule has 5 rings (SSSR count). The minimum atomic E-state index is -1.03. The topological polar surface area (TPSA) is 89.7 Å². The molecule has 2 aliphatic rings. The van der Waals surface area contributed by atoms with E-state index in [-0.39, 0.29) is 11.7 Å². The van der Waals surface area contributed by atoms with Gasteiger partial charge in [-0.25, -0.2) is 0 Å². The van der Waals surface area contributed by atoms with Gasteiger partial charge in [-0.05, 0) is 43.0 Å². The summed E-state index contributed by atoms with van der Waals surface area (Å²) in [5.41, 5.74) is 2.52. The van der Waals surface area contributed by atoms with E-state index < -0.39 is 23.7 Å². The fraction of sp³-hybridized carbons (Fsp3) is 0.333. The normalized spacial score (nSPS) is 21.1. The number of methoxy groups -OCH3 is 1. The summed E-state index contributed by atoms with van der Waals surface area (Å²) < 4.78 is 10.2. The zero-order valence-corrected chi connectivity index (χ0v) is 19.0. The van der Waals surface area contributed by atoms with E-state index in [1.165, 1.54) is 13.4 Å². The maximum Gasteiger partial charge on any atom is 0.295 e. The van der Waals surface area contributed by atoms with Crippen LogP contribution in [0.15, 0.2) is 65.4 Å². The predicted molar refractivity (Wildman–Crippen MR) is 126 cm³/mol. The molecule has 0 bridgehead atoms. The van der Waals surface area contributed by atoms with E-state index in [2.05, 4.69) is 5.16 Å². The molecule has 1 amide bonds. The Morgan fingerprint density at radius 1 is 1.03 bits per heavy atom. The molecule has 2 atom stereocenters. The van der Waals surface area contributed by atoms with E-state index in [4.69, 9.17) is 9.26 Å². The van der Waals surface area contributed by atoms with Crippen molar-refractivity contribution in [2.45, 2.75) is 38.1 Å². The van der Waals surface area contributed by atoms with Gasteiger partial charge in [0.15, 0.2) is 5.78 Å². The van der Waals surface area contributed by atoms with Gasteiger partial charge in [-0.1, -0.05) is 48.7 Å². The number of benzene rings is 2. The highest BCUT2D eigenvalue weighted by molar-refractivity contribution is 6.49. The van der Waals surface area contributed by atoms with E-state index in [0.717, 1.165) is 37.7 Å². The monoisotopic (exact) mass is 458 g/mol. The SMILES string of the molecule is COc1cccc(C(=O)C2C(=O)C(=O)N(c3ccc(-c4ccon4)cc3)C2C2CCCCC2)c1. The Morgan fingerprint density at radius 3 is 2.47 bits per heavy atom. The predicted octanol–water partition coefficient (Wildman–Crippen LogP) is 4.71. The highest BCUT2D eigenvalue weighted by atomic mass is 16.5. The summed E-state index contributed by atoms with van der Waals surface area (Å²) in [7, 11) is 1.53. The van der Waals surface area contributed by atoms with Crippen LogP contribution in [0.2, 0.25) is 0 Å². The minimum absolute atomic E-state index is 0.0823. The Labute approximate surface area is 197 Å². The van der Waals surface area contributed by atoms with Crippen LogP contribution in [-0.4, -0.2) is 35.8 Å². The number of ketones is 2. The standard InChI is InChI=1S/C27H26N2O5/c1-33-21-9-5-8-19(16-21)25(30)23-24(18-6-3-2-4-7-18)29(27(32)26(23)31)20-12-10-17(11-13-20)22-14-15-34-28-22/h5,8-16,18,23-24H,2-4,6-7H2,1H3. The second kappa shape index (κ2) is 9.25. The molecule has 0 spiro atoms. The lowest BCUT2D eigenvalue weighted by molar-refractivity contribution is -0.135. The highest BCUT2D eigenvalue weighted by Crippen LogP contribution is 2.41. The van der Waals surface area contributed by atoms with Gasteiger partial charge in [0, 0.05) is 22.9 Å². The fourth-order valence-electron chi connectivity index (χ4n) is 5.32. The molecule has 0 radical (unpaired) electrons. The second-order valence-electron chi connectivity index (χ2n) is 8.93. The summed E-state index contributed by atoms with van der Waals surface area (Å²) in [4.78, 5) is 41.8. The Bertz CT molecular complexity index is 1200. The van der Waals surface area contributed by atoms with Crippen molar-refractivity contribution in [2.75, 3.05) is 12.0 Å². The fourth-order valence-corrected chi connectivity index (χ4v) is 5.32. The molecule has 2 unspecified atom stereocenters. The first-order valence-electron chi connectivity index (χ1n) is 11.6. The smallest absolute Gasteiger partial charge is 0.295 e. The van der Waals surface area contributed by atoms with Gasteiger partial charge in [-0.2, -0.15) is 0 Å². The highest BCUT2D eigenvalue weighted by Gasteiger charge is 2.54. The molecule has 7 heteroatoms. The average Bonchev–Trinajstić information content (AvgIpc) is 3.52. The van der Waals surface area contributed by atoms with Crippen LogP contribution in [0.1, 0.15) is 42.5 Å². The number of rotatable bonds is 6. The van der Waals surface area contributed by atoms with Crippen molar-refractivity contribution in [3.05, 3.63) is 66.4 Å². The van der Waals surface area contributed by atoms with Gasteiger partial charge in [0.05, 0.1) is 13.2 Å². The van der Waals surface area contributed by atoms with Crippen molar-refractivity contribution >= 4 is 23.2 Å². The molecule has 2 aromatic carbocycles. The molecule has 2 heterocycles. The zero-order valence-electron chi connectivity index (χ0n) is 19.0. The molecule has 3 aromatic rings. The summed E-state index contributed by atoms with van der Waals surface area (Å²) in [6, 6.07) is 15.4. The second-order valence-corrected chi connectivity index (χ2v) is 8.93. The van der Waals surface area contributed by atoms with E-state index in [1.807, 2.05) is 24.3 Å². The van der Waals surface area contributed by atoms with E-state index in [9.17, 15) is 14.4 Å². The molecule has 174 valence electrons. The maximum absolute atomic E-state index is 13.6. The third-order valence-electron chi connectivity index (χ3n) is 7.00. The first kappa shape index (κ1) is 22.1. The van der Waals surface area contributed by atoms with E-state index >= 15 is 0 Å². The third kappa shape index (κ3) is 3.91. The molecule has 7 nitrogen and oxygen atoms in total. The largest absolute Gasteiger partial charge is 0.497 e. The van der Waals surface area contributed by atoms with Crippen LogP contribution < -0.4 is 9.64 Å². The number of hydrogen-bond donors (Lipinski definition) is 0. The van der Waals surface area contributed by atoms with Crippen molar-refractivity contribution in [1.29, 1.82) is 0 Å². The van der Waals surface area contributed by atoms with Crippen LogP contribution in [-0.2, 0) is 9.59 Å². The molecular formula is C27H26N2O5. The van der Waals surface area contributed by atoms with Crippen LogP contribution in [0.4, 0.5) is 5.69 Å². The van der Waals surface area contributed by atoms with Crippen LogP contribution in [0.25, 0.3) is 11.3 Å². The number of amides is 1. The van der Waals surface area contributed by atoms with Crippen LogP contribution in [0, 0.1) is 11.8 Å². The van der Waals surface area contributed by atoms with E-state index in [0.29, 0.717) is 22.7 Å². The Hall–Kier alpha value is -3.74. The van der Waals surface area contributed by atoms with Gasteiger partial charge >= 0.3 is 0 Å². The quantitative estimate of drug-likeness (QED) is 0.302. The number of hydrogen-bond acceptors (Lipinski definition) is 6. The first-order chi connectivity index (χ1) is 16.6. The van der Waals surface area contributed by atoms with Crippen LogP contribution in [0.3, 0.4) is 0 Å². The molecule has 1 aliphatic heterocycles. The molecule has 1 saturated heterocycles. The van der Waals surface area contributed by atoms with Gasteiger partial charge in [-0.3, -0.25) is 14.4 Å². The molecular weight excluding hydrogens is 432 g/mol. The van der Waals surface area contributed by atoms with Crippen molar-refractivity contribution in [3.63, 3.8) is 0 Å². The van der Waals surface area contributed by atoms with Crippen LogP contribution in [0.5, 0.6) is 5.75 Å². The van der Waals surface area contributed by atoms with Gasteiger partial charge in [0.25, 0.3) is 5.91 Å². The minimum Gasteiger partial charge on any atom is -0.497 e. The van der Waals surface area contributed by atoms with Crippen molar-refractivity contribution in [1.82, 2.24) is 5.16 Å². The van der Waals surface area contributed by atoms with Crippen LogP contribution >= 0.6 is 0 Å². The summed E-state index contributed by atoms with van der Waals surface area (Å²) in [6.07, 6.45) is 6.47. The van der Waals surface area contributed by atoms with Gasteiger partial charge in [0.2, 0.25) is 5.78 Å². The number of Topliss-reactive ketones (excluding diaryl/α,β-unsaturated/α-hetero) is 2. The Balaban J connectivity index is 1.53. The number of carbonyl (C=O) groups excluding carboxylic acids is 3. The molecule has 2 fully saturated rings. The molecule has 0 N–H and O–H groups in total. The number of ether oxygens (including phenoxy) is 1. The summed E-state index contributed by atoms with van der Waals surface area (Å²) in [6.45, 7) is 0. The number of anilines is 1. The van der Waals surface area contributed by atoms with Gasteiger partial charge < -0.3 is 14.2 Å². The lowest BCUT2D eigenvalue weighted by atomic mass is 9.76. The molecule has 34 heavy (non-hydrogen) atoms. The summed E-state index contributed by atoms with van der Waals surface area (Å²) >= 11 is 0. The van der Waals surface area contributed by atoms with Crippen molar-refractivity contribution in [3.8, 4) is 17.0 Å². The van der Waals surface area contributed by atoms with Crippen molar-refractivity contribution in [2.24, 2.45) is 11.8 Å². The molecule has 1 aromatic heterocycles.